The molecule has 0 saturated carbocycles. The predicted molar refractivity (Wildman–Crippen MR) is 42.3 cm³/mol. The van der Waals surface area contributed by atoms with E-state index in [0.29, 0.717) is 0 Å². The lowest BCUT2D eigenvalue weighted by Crippen LogP contribution is -2.07. The van der Waals surface area contributed by atoms with Gasteiger partial charge in [0.05, 0.1) is 0 Å². The number of halogens is 1. The molecule has 3 nitrogen and oxygen atoms in total. The fourth-order valence-electron chi connectivity index (χ4n) is 1.04. The zero-order chi connectivity index (χ0) is 9.30. The van der Waals surface area contributed by atoms with Crippen molar-refractivity contribution in [2.45, 2.75) is 13.0 Å². The van der Waals surface area contributed by atoms with E-state index < -0.39 is 11.9 Å². The Kier molecular flexibility index (Phi) is 2.19. The van der Waals surface area contributed by atoms with E-state index in [1.165, 1.54) is 0 Å². The van der Waals surface area contributed by atoms with E-state index in [4.69, 9.17) is 15.9 Å². The SMILES string of the molecule is C[C@@H](N)c1c(O)cc(O)cc1F. The van der Waals surface area contributed by atoms with Gasteiger partial charge in [-0.15, -0.1) is 0 Å². The molecule has 0 radical (unpaired) electrons. The standard InChI is InChI=1S/C8H10FNO2/c1-4(10)8-6(9)2-5(11)3-7(8)12/h2-4,11-12H,10H2,1H3/t4-/m1/s1. The predicted octanol–water partition coefficient (Wildman–Crippen LogP) is 1.26. The van der Waals surface area contributed by atoms with Crippen LogP contribution in [-0.4, -0.2) is 10.2 Å². The van der Waals surface area contributed by atoms with Crippen molar-refractivity contribution in [2.24, 2.45) is 5.73 Å². The smallest absolute Gasteiger partial charge is 0.135 e. The van der Waals surface area contributed by atoms with Crippen LogP contribution in [0.2, 0.25) is 0 Å². The van der Waals surface area contributed by atoms with Crippen molar-refractivity contribution >= 4 is 0 Å². The second-order valence-corrected chi connectivity index (χ2v) is 2.65. The lowest BCUT2D eigenvalue weighted by Gasteiger charge is -2.09. The highest BCUT2D eigenvalue weighted by Gasteiger charge is 2.13. The van der Waals surface area contributed by atoms with E-state index >= 15 is 0 Å². The second kappa shape index (κ2) is 2.98. The van der Waals surface area contributed by atoms with Gasteiger partial charge in [0.25, 0.3) is 0 Å². The molecule has 0 bridgehead atoms. The molecule has 1 aromatic rings. The third-order valence-electron chi connectivity index (χ3n) is 1.55. The van der Waals surface area contributed by atoms with Crippen LogP contribution in [0.15, 0.2) is 12.1 Å². The minimum Gasteiger partial charge on any atom is -0.508 e. The van der Waals surface area contributed by atoms with Crippen molar-refractivity contribution in [1.29, 1.82) is 0 Å². The molecule has 0 saturated heterocycles. The lowest BCUT2D eigenvalue weighted by molar-refractivity contribution is 0.429. The summed E-state index contributed by atoms with van der Waals surface area (Å²) < 4.78 is 13.0. The van der Waals surface area contributed by atoms with Crippen LogP contribution in [0, 0.1) is 5.82 Å². The molecule has 0 spiro atoms. The second-order valence-electron chi connectivity index (χ2n) is 2.65. The van der Waals surface area contributed by atoms with Crippen LogP contribution >= 0.6 is 0 Å². The summed E-state index contributed by atoms with van der Waals surface area (Å²) in [6, 6.07) is 1.38. The largest absolute Gasteiger partial charge is 0.508 e. The molecule has 4 N–H and O–H groups in total. The van der Waals surface area contributed by atoms with Gasteiger partial charge in [0.15, 0.2) is 0 Å². The van der Waals surface area contributed by atoms with E-state index in [9.17, 15) is 4.39 Å². The quantitative estimate of drug-likeness (QED) is 0.595. The Balaban J connectivity index is 3.28. The molecule has 0 unspecified atom stereocenters. The summed E-state index contributed by atoms with van der Waals surface area (Å²) in [5, 5.41) is 18.0. The number of rotatable bonds is 1. The van der Waals surface area contributed by atoms with Gasteiger partial charge >= 0.3 is 0 Å². The average molecular weight is 171 g/mol. The van der Waals surface area contributed by atoms with Crippen LogP contribution in [0.25, 0.3) is 0 Å². The first-order valence-corrected chi connectivity index (χ1v) is 3.49. The minimum atomic E-state index is -0.692. The van der Waals surface area contributed by atoms with Gasteiger partial charge in [0.1, 0.15) is 17.3 Å². The summed E-state index contributed by atoms with van der Waals surface area (Å²) in [6.45, 7) is 1.55. The van der Waals surface area contributed by atoms with Crippen molar-refractivity contribution in [2.75, 3.05) is 0 Å². The van der Waals surface area contributed by atoms with Gasteiger partial charge in [0.2, 0.25) is 0 Å². The van der Waals surface area contributed by atoms with Crippen molar-refractivity contribution in [1.82, 2.24) is 0 Å². The van der Waals surface area contributed by atoms with Crippen LogP contribution in [0.1, 0.15) is 18.5 Å². The monoisotopic (exact) mass is 171 g/mol. The molecule has 1 rings (SSSR count). The van der Waals surface area contributed by atoms with Crippen molar-refractivity contribution < 1.29 is 14.6 Å². The lowest BCUT2D eigenvalue weighted by atomic mass is 10.1. The number of benzene rings is 1. The third-order valence-corrected chi connectivity index (χ3v) is 1.55. The highest BCUT2D eigenvalue weighted by Crippen LogP contribution is 2.29. The highest BCUT2D eigenvalue weighted by molar-refractivity contribution is 5.41. The van der Waals surface area contributed by atoms with Gasteiger partial charge in [-0.25, -0.2) is 4.39 Å². The van der Waals surface area contributed by atoms with Crippen LogP contribution < -0.4 is 5.73 Å². The molecular weight excluding hydrogens is 161 g/mol. The summed E-state index contributed by atoms with van der Waals surface area (Å²) in [6.07, 6.45) is 0. The van der Waals surface area contributed by atoms with Crippen LogP contribution in [0.5, 0.6) is 11.5 Å². The first kappa shape index (κ1) is 8.80. The van der Waals surface area contributed by atoms with E-state index in [2.05, 4.69) is 0 Å². The van der Waals surface area contributed by atoms with Gasteiger partial charge in [-0.05, 0) is 6.92 Å². The molecule has 0 fully saturated rings. The number of phenols is 2. The number of nitrogens with two attached hydrogens (primary N) is 1. The van der Waals surface area contributed by atoms with Gasteiger partial charge in [-0.1, -0.05) is 0 Å². The maximum Gasteiger partial charge on any atom is 0.135 e. The van der Waals surface area contributed by atoms with E-state index in [-0.39, 0.29) is 17.1 Å². The van der Waals surface area contributed by atoms with E-state index in [1.807, 2.05) is 0 Å². The Labute approximate surface area is 69.3 Å². The van der Waals surface area contributed by atoms with Crippen LogP contribution in [-0.2, 0) is 0 Å². The molecule has 4 heteroatoms. The fourth-order valence-corrected chi connectivity index (χ4v) is 1.04. The molecule has 12 heavy (non-hydrogen) atoms. The van der Waals surface area contributed by atoms with Crippen molar-refractivity contribution in [3.05, 3.63) is 23.5 Å². The minimum absolute atomic E-state index is 0.0211. The summed E-state index contributed by atoms with van der Waals surface area (Å²) >= 11 is 0. The van der Waals surface area contributed by atoms with Crippen molar-refractivity contribution in [3.63, 3.8) is 0 Å². The number of hydrogen-bond acceptors (Lipinski definition) is 3. The Morgan fingerprint density at radius 2 is 2.00 bits per heavy atom. The molecule has 0 aliphatic carbocycles. The van der Waals surface area contributed by atoms with Crippen molar-refractivity contribution in [3.8, 4) is 11.5 Å². The summed E-state index contributed by atoms with van der Waals surface area (Å²) in [7, 11) is 0. The van der Waals surface area contributed by atoms with Gasteiger partial charge in [-0.3, -0.25) is 0 Å². The summed E-state index contributed by atoms with van der Waals surface area (Å²) in [4.78, 5) is 0. The summed E-state index contributed by atoms with van der Waals surface area (Å²) in [5.74, 6) is -1.32. The highest BCUT2D eigenvalue weighted by atomic mass is 19.1. The Bertz CT molecular complexity index is 276. The summed E-state index contributed by atoms with van der Waals surface area (Å²) in [5.41, 5.74) is 5.40. The van der Waals surface area contributed by atoms with Gasteiger partial charge in [0, 0.05) is 23.7 Å². The molecule has 0 heterocycles. The van der Waals surface area contributed by atoms with Crippen LogP contribution in [0.4, 0.5) is 4.39 Å². The molecule has 66 valence electrons. The molecule has 0 amide bonds. The normalized spacial score (nSPS) is 12.9. The molecular formula is C8H10FNO2. The average Bonchev–Trinajstić information content (AvgIpc) is 1.82. The first-order chi connectivity index (χ1) is 5.52. The zero-order valence-corrected chi connectivity index (χ0v) is 6.58. The Morgan fingerprint density at radius 1 is 1.42 bits per heavy atom. The first-order valence-electron chi connectivity index (χ1n) is 3.49. The topological polar surface area (TPSA) is 66.5 Å². The van der Waals surface area contributed by atoms with Gasteiger partial charge in [-0.2, -0.15) is 0 Å². The number of aromatic hydroxyl groups is 2. The molecule has 1 aromatic carbocycles. The maximum absolute atomic E-state index is 13.0. The molecule has 0 aliphatic heterocycles. The molecule has 0 aromatic heterocycles. The Morgan fingerprint density at radius 3 is 2.42 bits per heavy atom. The van der Waals surface area contributed by atoms with Gasteiger partial charge < -0.3 is 15.9 Å². The molecule has 0 aliphatic rings. The third kappa shape index (κ3) is 1.48. The Hall–Kier alpha value is -1.29. The fraction of sp³-hybridized carbons (Fsp3) is 0.250. The number of phenolic OH excluding ortho intramolecular Hbond substituents is 2. The number of hydrogen-bond donors (Lipinski definition) is 3. The van der Waals surface area contributed by atoms with E-state index in [0.717, 1.165) is 12.1 Å². The zero-order valence-electron chi connectivity index (χ0n) is 6.58. The molecule has 1 atom stereocenters. The maximum atomic E-state index is 13.0. The van der Waals surface area contributed by atoms with E-state index in [1.54, 1.807) is 6.92 Å². The van der Waals surface area contributed by atoms with Crippen LogP contribution in [0.3, 0.4) is 0 Å².